The van der Waals surface area contributed by atoms with Crippen molar-refractivity contribution in [1.82, 2.24) is 15.5 Å². The Morgan fingerprint density at radius 3 is 2.84 bits per heavy atom. The highest BCUT2D eigenvalue weighted by molar-refractivity contribution is 7.11. The summed E-state index contributed by atoms with van der Waals surface area (Å²) in [5.41, 5.74) is 1.34. The van der Waals surface area contributed by atoms with Gasteiger partial charge in [0.25, 0.3) is 0 Å². The zero-order chi connectivity index (χ0) is 13.5. The number of rotatable bonds is 8. The van der Waals surface area contributed by atoms with Crippen LogP contribution in [0.3, 0.4) is 0 Å². The molecule has 2 aromatic rings. The summed E-state index contributed by atoms with van der Waals surface area (Å²) in [6, 6.07) is 2.15. The molecule has 0 aliphatic carbocycles. The first kappa shape index (κ1) is 14.6. The van der Waals surface area contributed by atoms with Crippen molar-refractivity contribution in [2.75, 3.05) is 13.1 Å². The predicted octanol–water partition coefficient (Wildman–Crippen LogP) is 3.37. The molecule has 0 bridgehead atoms. The van der Waals surface area contributed by atoms with Crippen LogP contribution in [0.5, 0.6) is 0 Å². The van der Waals surface area contributed by atoms with Gasteiger partial charge in [-0.1, -0.05) is 13.8 Å². The molecule has 2 rings (SSSR count). The molecule has 2 aromatic heterocycles. The summed E-state index contributed by atoms with van der Waals surface area (Å²) in [4.78, 5) is 0. The van der Waals surface area contributed by atoms with E-state index >= 15 is 0 Å². The fourth-order valence-corrected chi connectivity index (χ4v) is 3.37. The molecule has 0 spiro atoms. The van der Waals surface area contributed by atoms with Crippen molar-refractivity contribution in [2.45, 2.75) is 33.1 Å². The Morgan fingerprint density at radius 1 is 1.26 bits per heavy atom. The third-order valence-corrected chi connectivity index (χ3v) is 4.46. The molecule has 0 saturated carbocycles. The molecule has 0 saturated heterocycles. The molecule has 19 heavy (non-hydrogen) atoms. The summed E-state index contributed by atoms with van der Waals surface area (Å²) in [5.74, 6) is 0.721. The first-order valence-electron chi connectivity index (χ1n) is 6.77. The summed E-state index contributed by atoms with van der Waals surface area (Å²) >= 11 is 3.49. The van der Waals surface area contributed by atoms with Crippen LogP contribution in [0.15, 0.2) is 16.8 Å². The van der Waals surface area contributed by atoms with E-state index < -0.39 is 0 Å². The van der Waals surface area contributed by atoms with Crippen molar-refractivity contribution in [3.05, 3.63) is 32.4 Å². The van der Waals surface area contributed by atoms with E-state index in [0.29, 0.717) is 0 Å². The number of aryl methyl sites for hydroxylation is 1. The van der Waals surface area contributed by atoms with Crippen LogP contribution in [-0.2, 0) is 12.8 Å². The molecule has 0 atom stereocenters. The first-order chi connectivity index (χ1) is 9.24. The Balaban J connectivity index is 1.69. The minimum atomic E-state index is 0.721. The third-order valence-electron chi connectivity index (χ3n) is 2.74. The van der Waals surface area contributed by atoms with Gasteiger partial charge in [-0.15, -0.1) is 21.5 Å². The Labute approximate surface area is 123 Å². The van der Waals surface area contributed by atoms with Crippen LogP contribution < -0.4 is 5.32 Å². The van der Waals surface area contributed by atoms with E-state index in [1.807, 2.05) is 0 Å². The minimum absolute atomic E-state index is 0.721. The number of aromatic nitrogens is 2. The summed E-state index contributed by atoms with van der Waals surface area (Å²) in [6.07, 6.45) is 3.10. The van der Waals surface area contributed by atoms with Gasteiger partial charge >= 0.3 is 0 Å². The molecule has 0 aromatic carbocycles. The Morgan fingerprint density at radius 2 is 2.11 bits per heavy atom. The first-order valence-corrected chi connectivity index (χ1v) is 8.53. The zero-order valence-corrected chi connectivity index (χ0v) is 13.2. The zero-order valence-electron chi connectivity index (χ0n) is 11.6. The van der Waals surface area contributed by atoms with E-state index in [9.17, 15) is 0 Å². The molecule has 3 nitrogen and oxygen atoms in total. The monoisotopic (exact) mass is 295 g/mol. The second-order valence-corrected chi connectivity index (χ2v) is 7.03. The molecule has 2 heterocycles. The van der Waals surface area contributed by atoms with Gasteiger partial charge in [0, 0.05) is 12.8 Å². The molecule has 0 aliphatic heterocycles. The number of thiophene rings is 1. The topological polar surface area (TPSA) is 37.8 Å². The van der Waals surface area contributed by atoms with Gasteiger partial charge in [0.15, 0.2) is 0 Å². The van der Waals surface area contributed by atoms with E-state index in [0.717, 1.165) is 48.3 Å². The lowest BCUT2D eigenvalue weighted by Crippen LogP contribution is -2.21. The van der Waals surface area contributed by atoms with Crippen molar-refractivity contribution in [3.8, 4) is 0 Å². The van der Waals surface area contributed by atoms with Crippen molar-refractivity contribution >= 4 is 22.7 Å². The van der Waals surface area contributed by atoms with Gasteiger partial charge in [0.2, 0.25) is 0 Å². The van der Waals surface area contributed by atoms with Crippen molar-refractivity contribution in [2.24, 2.45) is 5.92 Å². The van der Waals surface area contributed by atoms with E-state index in [2.05, 4.69) is 46.2 Å². The van der Waals surface area contributed by atoms with Gasteiger partial charge in [-0.05, 0) is 47.8 Å². The number of hydrogen-bond donors (Lipinski definition) is 1. The molecule has 5 heteroatoms. The number of nitrogens with zero attached hydrogens (tertiary/aromatic N) is 2. The molecule has 0 unspecified atom stereocenters. The van der Waals surface area contributed by atoms with Crippen LogP contribution in [0.1, 0.15) is 35.8 Å². The van der Waals surface area contributed by atoms with Gasteiger partial charge in [0.1, 0.15) is 10.0 Å². The van der Waals surface area contributed by atoms with Crippen LogP contribution in [0.4, 0.5) is 0 Å². The lowest BCUT2D eigenvalue weighted by atomic mass is 10.2. The predicted molar refractivity (Wildman–Crippen MR) is 83.1 cm³/mol. The maximum atomic E-state index is 4.27. The second kappa shape index (κ2) is 7.72. The quantitative estimate of drug-likeness (QED) is 0.759. The average Bonchev–Trinajstić information content (AvgIpc) is 3.01. The van der Waals surface area contributed by atoms with Crippen molar-refractivity contribution in [3.63, 3.8) is 0 Å². The Hall–Kier alpha value is -0.780. The fraction of sp³-hybridized carbons (Fsp3) is 0.571. The molecule has 0 radical (unpaired) electrons. The van der Waals surface area contributed by atoms with Crippen LogP contribution in [0.2, 0.25) is 0 Å². The maximum absolute atomic E-state index is 4.27. The summed E-state index contributed by atoms with van der Waals surface area (Å²) < 4.78 is 0. The Bertz CT molecular complexity index is 463. The lowest BCUT2D eigenvalue weighted by Gasteiger charge is -2.05. The van der Waals surface area contributed by atoms with E-state index in [1.165, 1.54) is 5.56 Å². The smallest absolute Gasteiger partial charge is 0.121 e. The highest BCUT2D eigenvalue weighted by Crippen LogP contribution is 2.17. The summed E-state index contributed by atoms with van der Waals surface area (Å²) in [5, 5.41) is 18.6. The summed E-state index contributed by atoms with van der Waals surface area (Å²) in [7, 11) is 0. The molecule has 1 N–H and O–H groups in total. The molecule has 104 valence electrons. The van der Waals surface area contributed by atoms with Crippen LogP contribution in [-0.4, -0.2) is 23.3 Å². The molecule has 0 fully saturated rings. The van der Waals surface area contributed by atoms with E-state index in [1.54, 1.807) is 22.7 Å². The number of nitrogens with one attached hydrogen (secondary N) is 1. The van der Waals surface area contributed by atoms with Crippen LogP contribution in [0, 0.1) is 5.92 Å². The van der Waals surface area contributed by atoms with Gasteiger partial charge in [0.05, 0.1) is 0 Å². The average molecular weight is 295 g/mol. The molecule has 0 amide bonds. The lowest BCUT2D eigenvalue weighted by molar-refractivity contribution is 0.542. The third kappa shape index (κ3) is 5.38. The normalized spacial score (nSPS) is 11.3. The summed E-state index contributed by atoms with van der Waals surface area (Å²) in [6.45, 7) is 6.63. The van der Waals surface area contributed by atoms with E-state index in [-0.39, 0.29) is 0 Å². The fourth-order valence-electron chi connectivity index (χ4n) is 1.78. The minimum Gasteiger partial charge on any atom is -0.316 e. The van der Waals surface area contributed by atoms with E-state index in [4.69, 9.17) is 0 Å². The SMILES string of the molecule is CC(C)CNCCCc1nnc(Cc2ccsc2)s1. The molecular formula is C14H21N3S2. The van der Waals surface area contributed by atoms with Crippen LogP contribution >= 0.6 is 22.7 Å². The van der Waals surface area contributed by atoms with Gasteiger partial charge < -0.3 is 5.32 Å². The Kier molecular flexibility index (Phi) is 5.94. The molecular weight excluding hydrogens is 274 g/mol. The van der Waals surface area contributed by atoms with Crippen LogP contribution in [0.25, 0.3) is 0 Å². The second-order valence-electron chi connectivity index (χ2n) is 5.10. The largest absolute Gasteiger partial charge is 0.316 e. The number of hydrogen-bond acceptors (Lipinski definition) is 5. The van der Waals surface area contributed by atoms with Gasteiger partial charge in [-0.25, -0.2) is 0 Å². The molecule has 0 aliphatic rings. The highest BCUT2D eigenvalue weighted by atomic mass is 32.1. The van der Waals surface area contributed by atoms with Gasteiger partial charge in [-0.3, -0.25) is 0 Å². The highest BCUT2D eigenvalue weighted by Gasteiger charge is 2.05. The standard InChI is InChI=1S/C14H21N3S2/c1-11(2)9-15-6-3-4-13-16-17-14(19-13)8-12-5-7-18-10-12/h5,7,10-11,15H,3-4,6,8-9H2,1-2H3. The van der Waals surface area contributed by atoms with Crippen molar-refractivity contribution in [1.29, 1.82) is 0 Å². The van der Waals surface area contributed by atoms with Gasteiger partial charge in [-0.2, -0.15) is 11.3 Å². The maximum Gasteiger partial charge on any atom is 0.121 e. The van der Waals surface area contributed by atoms with Crippen molar-refractivity contribution < 1.29 is 0 Å².